The number of nitrogens with one attached hydrogen (secondary N) is 1. The van der Waals surface area contributed by atoms with Crippen molar-refractivity contribution in [3.8, 4) is 22.6 Å². The van der Waals surface area contributed by atoms with Crippen molar-refractivity contribution in [2.24, 2.45) is 0 Å². The zero-order chi connectivity index (χ0) is 25.5. The molecular formula is C27H29F2N5O2. The summed E-state index contributed by atoms with van der Waals surface area (Å²) in [6, 6.07) is 13.0. The number of aromatic amines is 1. The number of carbonyl (C=O) groups excluding carboxylic acids is 1. The number of halogens is 2. The molecule has 0 fully saturated rings. The van der Waals surface area contributed by atoms with Gasteiger partial charge in [0.1, 0.15) is 11.6 Å². The predicted octanol–water partition coefficient (Wildman–Crippen LogP) is 5.52. The molecule has 0 aliphatic carbocycles. The predicted molar refractivity (Wildman–Crippen MR) is 132 cm³/mol. The minimum atomic E-state index is -0.285. The number of hydrogen-bond donors (Lipinski definition) is 1. The molecule has 2 aromatic heterocycles. The lowest BCUT2D eigenvalue weighted by atomic mass is 10.1. The Bertz CT molecular complexity index is 1320. The van der Waals surface area contributed by atoms with Crippen LogP contribution in [-0.4, -0.2) is 44.7 Å². The zero-order valence-corrected chi connectivity index (χ0v) is 20.4. The molecule has 4 aromatic rings. The number of H-pyrrole nitrogens is 1. The summed E-state index contributed by atoms with van der Waals surface area (Å²) in [5.41, 5.74) is 3.67. The number of hydrogen-bond acceptors (Lipinski definition) is 5. The van der Waals surface area contributed by atoms with Gasteiger partial charge in [-0.3, -0.25) is 9.89 Å². The first-order chi connectivity index (χ1) is 17.4. The summed E-state index contributed by atoms with van der Waals surface area (Å²) >= 11 is 0. The zero-order valence-electron chi connectivity index (χ0n) is 20.4. The topological polar surface area (TPSA) is 87.9 Å². The van der Waals surface area contributed by atoms with Gasteiger partial charge in [-0.05, 0) is 68.1 Å². The van der Waals surface area contributed by atoms with E-state index >= 15 is 0 Å². The highest BCUT2D eigenvalue weighted by Gasteiger charge is 2.14. The van der Waals surface area contributed by atoms with E-state index in [0.29, 0.717) is 35.8 Å². The van der Waals surface area contributed by atoms with Crippen LogP contribution in [0.25, 0.3) is 22.6 Å². The quantitative estimate of drug-likeness (QED) is 0.278. The first kappa shape index (κ1) is 25.2. The van der Waals surface area contributed by atoms with Crippen molar-refractivity contribution in [3.63, 3.8) is 0 Å². The smallest absolute Gasteiger partial charge is 0.227 e. The molecule has 2 aromatic carbocycles. The molecule has 0 aliphatic rings. The Balaban J connectivity index is 1.15. The number of amides is 1. The van der Waals surface area contributed by atoms with Crippen molar-refractivity contribution in [3.05, 3.63) is 77.3 Å². The molecule has 0 unspecified atom stereocenters. The van der Waals surface area contributed by atoms with Crippen LogP contribution in [0.15, 0.2) is 53.1 Å². The van der Waals surface area contributed by atoms with E-state index in [2.05, 4.69) is 20.3 Å². The molecule has 1 N–H and O–H groups in total. The molecule has 0 radical (unpaired) electrons. The summed E-state index contributed by atoms with van der Waals surface area (Å²) in [7, 11) is 1.79. The van der Waals surface area contributed by atoms with Crippen molar-refractivity contribution >= 4 is 5.91 Å². The number of unbranched alkanes of at least 4 members (excludes halogenated alkanes) is 2. The maximum absolute atomic E-state index is 13.5. The van der Waals surface area contributed by atoms with E-state index in [1.54, 1.807) is 37.1 Å². The largest absolute Gasteiger partial charge is 0.346 e. The van der Waals surface area contributed by atoms with Crippen LogP contribution in [0.1, 0.15) is 42.8 Å². The Morgan fingerprint density at radius 2 is 1.89 bits per heavy atom. The normalized spacial score (nSPS) is 11.1. The molecule has 2 heterocycles. The van der Waals surface area contributed by atoms with Crippen LogP contribution < -0.4 is 0 Å². The Morgan fingerprint density at radius 3 is 2.69 bits per heavy atom. The molecule has 0 saturated carbocycles. The van der Waals surface area contributed by atoms with Crippen LogP contribution in [-0.2, 0) is 17.6 Å². The van der Waals surface area contributed by atoms with E-state index in [4.69, 9.17) is 4.52 Å². The highest BCUT2D eigenvalue weighted by Crippen LogP contribution is 2.21. The summed E-state index contributed by atoms with van der Waals surface area (Å²) in [4.78, 5) is 18.5. The molecular weight excluding hydrogens is 464 g/mol. The third kappa shape index (κ3) is 6.62. The fourth-order valence-corrected chi connectivity index (χ4v) is 3.91. The van der Waals surface area contributed by atoms with Crippen LogP contribution >= 0.6 is 0 Å². The third-order valence-corrected chi connectivity index (χ3v) is 6.05. The average molecular weight is 494 g/mol. The number of aromatic nitrogens is 4. The van der Waals surface area contributed by atoms with Gasteiger partial charge in [0.25, 0.3) is 0 Å². The highest BCUT2D eigenvalue weighted by molar-refractivity contribution is 5.76. The number of rotatable bonds is 11. The number of aryl methyl sites for hydroxylation is 3. The van der Waals surface area contributed by atoms with Crippen LogP contribution in [0.3, 0.4) is 0 Å². The Labute approximate surface area is 208 Å². The van der Waals surface area contributed by atoms with E-state index in [0.717, 1.165) is 42.6 Å². The summed E-state index contributed by atoms with van der Waals surface area (Å²) in [6.45, 7) is 2.34. The Kier molecular flexibility index (Phi) is 8.20. The van der Waals surface area contributed by atoms with Crippen molar-refractivity contribution < 1.29 is 18.1 Å². The van der Waals surface area contributed by atoms with Crippen molar-refractivity contribution in [2.45, 2.75) is 45.4 Å². The SMILES string of the molecule is Cc1cc(-c2noc(CCC(=O)N(C)CCCCCc3cc(-c4cccc(F)c4)n[nH]3)n2)ccc1F. The lowest BCUT2D eigenvalue weighted by Crippen LogP contribution is -2.27. The average Bonchev–Trinajstić information content (AvgIpc) is 3.54. The van der Waals surface area contributed by atoms with E-state index in [1.165, 1.54) is 18.2 Å². The van der Waals surface area contributed by atoms with Gasteiger partial charge in [-0.25, -0.2) is 8.78 Å². The first-order valence-electron chi connectivity index (χ1n) is 12.0. The van der Waals surface area contributed by atoms with Gasteiger partial charge in [-0.1, -0.05) is 23.7 Å². The fourth-order valence-electron chi connectivity index (χ4n) is 3.91. The number of benzene rings is 2. The molecule has 1 amide bonds. The van der Waals surface area contributed by atoms with Crippen LogP contribution in [0, 0.1) is 18.6 Å². The maximum Gasteiger partial charge on any atom is 0.227 e. The molecule has 36 heavy (non-hydrogen) atoms. The summed E-state index contributed by atoms with van der Waals surface area (Å²) in [6.07, 6.45) is 4.28. The second kappa shape index (κ2) is 11.7. The minimum Gasteiger partial charge on any atom is -0.346 e. The second-order valence-corrected chi connectivity index (χ2v) is 8.89. The fraction of sp³-hybridized carbons (Fsp3) is 0.333. The van der Waals surface area contributed by atoms with Crippen LogP contribution in [0.2, 0.25) is 0 Å². The van der Waals surface area contributed by atoms with E-state index in [9.17, 15) is 13.6 Å². The highest BCUT2D eigenvalue weighted by atomic mass is 19.1. The monoisotopic (exact) mass is 493 g/mol. The van der Waals surface area contributed by atoms with Crippen molar-refractivity contribution in [1.29, 1.82) is 0 Å². The van der Waals surface area contributed by atoms with Gasteiger partial charge in [0.05, 0.1) is 5.69 Å². The van der Waals surface area contributed by atoms with E-state index in [1.807, 2.05) is 12.1 Å². The molecule has 9 heteroatoms. The molecule has 0 spiro atoms. The molecule has 0 aliphatic heterocycles. The molecule has 0 saturated heterocycles. The molecule has 4 rings (SSSR count). The Morgan fingerprint density at radius 1 is 1.03 bits per heavy atom. The van der Waals surface area contributed by atoms with E-state index < -0.39 is 0 Å². The molecule has 0 atom stereocenters. The van der Waals surface area contributed by atoms with E-state index in [-0.39, 0.29) is 24.0 Å². The summed E-state index contributed by atoms with van der Waals surface area (Å²) in [5, 5.41) is 11.2. The van der Waals surface area contributed by atoms with Gasteiger partial charge in [-0.2, -0.15) is 10.1 Å². The maximum atomic E-state index is 13.5. The van der Waals surface area contributed by atoms with Gasteiger partial charge in [0.2, 0.25) is 17.6 Å². The lowest BCUT2D eigenvalue weighted by molar-refractivity contribution is -0.130. The van der Waals surface area contributed by atoms with Crippen LogP contribution in [0.4, 0.5) is 8.78 Å². The Hall–Kier alpha value is -3.88. The minimum absolute atomic E-state index is 0.0145. The van der Waals surface area contributed by atoms with Gasteiger partial charge in [-0.15, -0.1) is 0 Å². The van der Waals surface area contributed by atoms with Gasteiger partial charge in [0, 0.05) is 43.3 Å². The van der Waals surface area contributed by atoms with Crippen molar-refractivity contribution in [1.82, 2.24) is 25.2 Å². The molecule has 188 valence electrons. The summed E-state index contributed by atoms with van der Waals surface area (Å²) in [5.74, 6) is 0.214. The van der Waals surface area contributed by atoms with Crippen molar-refractivity contribution in [2.75, 3.05) is 13.6 Å². The first-order valence-corrected chi connectivity index (χ1v) is 12.0. The van der Waals surface area contributed by atoms with Crippen LogP contribution in [0.5, 0.6) is 0 Å². The second-order valence-electron chi connectivity index (χ2n) is 8.89. The third-order valence-electron chi connectivity index (χ3n) is 6.05. The van der Waals surface area contributed by atoms with Gasteiger partial charge >= 0.3 is 0 Å². The lowest BCUT2D eigenvalue weighted by Gasteiger charge is -2.16. The molecule has 0 bridgehead atoms. The molecule has 7 nitrogen and oxygen atoms in total. The van der Waals surface area contributed by atoms with Gasteiger partial charge < -0.3 is 9.42 Å². The van der Waals surface area contributed by atoms with Gasteiger partial charge in [0.15, 0.2) is 0 Å². The standard InChI is InChI=1S/C27H29F2N5O2/c1-18-15-20(10-11-23(18)29)27-30-25(36-33-27)12-13-26(35)34(2)14-5-3-4-9-22-17-24(32-31-22)19-7-6-8-21(28)16-19/h6-8,10-11,15-17H,3-5,9,12-14H2,1-2H3,(H,31,32). The summed E-state index contributed by atoms with van der Waals surface area (Å²) < 4.78 is 32.1. The number of nitrogens with zero attached hydrogens (tertiary/aromatic N) is 4. The number of carbonyl (C=O) groups is 1.